The van der Waals surface area contributed by atoms with Gasteiger partial charge in [-0.15, -0.1) is 0 Å². The first-order valence-corrected chi connectivity index (χ1v) is 6.46. The quantitative estimate of drug-likeness (QED) is 0.767. The van der Waals surface area contributed by atoms with Gasteiger partial charge in [-0.1, -0.05) is 18.6 Å². The highest BCUT2D eigenvalue weighted by atomic mass is 14.9. The average molecular weight is 237 g/mol. The number of benzene rings is 1. The molecule has 1 aromatic carbocycles. The number of imidazole rings is 1. The van der Waals surface area contributed by atoms with Crippen LogP contribution in [0.2, 0.25) is 0 Å². The number of nitrogens with zero attached hydrogens (tertiary/aromatic N) is 2. The van der Waals surface area contributed by atoms with Crippen molar-refractivity contribution in [1.29, 1.82) is 5.26 Å². The van der Waals surface area contributed by atoms with Crippen molar-refractivity contribution in [1.82, 2.24) is 9.97 Å². The van der Waals surface area contributed by atoms with Gasteiger partial charge in [0.1, 0.15) is 11.9 Å². The maximum Gasteiger partial charge on any atom is 0.149 e. The van der Waals surface area contributed by atoms with Gasteiger partial charge in [0, 0.05) is 0 Å². The van der Waals surface area contributed by atoms with Crippen molar-refractivity contribution in [2.24, 2.45) is 0 Å². The summed E-state index contributed by atoms with van der Waals surface area (Å²) in [5, 5.41) is 9.39. The van der Waals surface area contributed by atoms with Crippen LogP contribution in [0.25, 0.3) is 16.6 Å². The topological polar surface area (TPSA) is 52.5 Å². The third-order valence-corrected chi connectivity index (χ3v) is 3.55. The van der Waals surface area contributed by atoms with E-state index >= 15 is 0 Å². The summed E-state index contributed by atoms with van der Waals surface area (Å²) in [5.74, 6) is 0.732. The molecule has 0 atom stereocenters. The van der Waals surface area contributed by atoms with E-state index in [0.29, 0.717) is 0 Å². The minimum absolute atomic E-state index is 0.732. The van der Waals surface area contributed by atoms with Crippen LogP contribution in [0, 0.1) is 11.3 Å². The lowest BCUT2D eigenvalue weighted by molar-refractivity contribution is 0.601. The van der Waals surface area contributed by atoms with Gasteiger partial charge in [-0.2, -0.15) is 5.26 Å². The Morgan fingerprint density at radius 1 is 1.17 bits per heavy atom. The van der Waals surface area contributed by atoms with E-state index in [0.717, 1.165) is 35.3 Å². The Balaban J connectivity index is 2.08. The molecule has 0 radical (unpaired) electrons. The summed E-state index contributed by atoms with van der Waals surface area (Å²) in [6.45, 7) is 0. The van der Waals surface area contributed by atoms with Gasteiger partial charge < -0.3 is 4.98 Å². The van der Waals surface area contributed by atoms with E-state index in [-0.39, 0.29) is 0 Å². The number of nitriles is 1. The molecule has 1 N–H and O–H groups in total. The molecule has 3 heteroatoms. The highest BCUT2D eigenvalue weighted by Gasteiger charge is 2.15. The molecule has 1 aromatic heterocycles. The summed E-state index contributed by atoms with van der Waals surface area (Å²) in [7, 11) is 0. The summed E-state index contributed by atoms with van der Waals surface area (Å²) >= 11 is 0. The van der Waals surface area contributed by atoms with Crippen LogP contribution in [0.15, 0.2) is 29.8 Å². The van der Waals surface area contributed by atoms with Gasteiger partial charge in [0.2, 0.25) is 0 Å². The SMILES string of the molecule is N#CC(=C1CCCCC1)c1nc2ccccc2[nH]1. The second-order valence-corrected chi connectivity index (χ2v) is 4.75. The molecule has 0 aliphatic heterocycles. The second-order valence-electron chi connectivity index (χ2n) is 4.75. The number of rotatable bonds is 1. The first kappa shape index (κ1) is 11.0. The minimum Gasteiger partial charge on any atom is -0.337 e. The van der Waals surface area contributed by atoms with E-state index in [4.69, 9.17) is 0 Å². The molecule has 3 nitrogen and oxygen atoms in total. The third-order valence-electron chi connectivity index (χ3n) is 3.55. The molecule has 0 unspecified atom stereocenters. The fraction of sp³-hybridized carbons (Fsp3) is 0.333. The van der Waals surface area contributed by atoms with Gasteiger partial charge in [-0.3, -0.25) is 0 Å². The van der Waals surface area contributed by atoms with Crippen LogP contribution in [0.4, 0.5) is 0 Å². The Kier molecular flexibility index (Phi) is 2.85. The lowest BCUT2D eigenvalue weighted by atomic mass is 9.91. The van der Waals surface area contributed by atoms with Crippen LogP contribution in [0.3, 0.4) is 0 Å². The maximum absolute atomic E-state index is 9.39. The molecule has 0 bridgehead atoms. The summed E-state index contributed by atoms with van der Waals surface area (Å²) in [4.78, 5) is 7.78. The van der Waals surface area contributed by atoms with Crippen molar-refractivity contribution in [3.8, 4) is 6.07 Å². The van der Waals surface area contributed by atoms with Gasteiger partial charge >= 0.3 is 0 Å². The van der Waals surface area contributed by atoms with Crippen molar-refractivity contribution in [2.45, 2.75) is 32.1 Å². The Labute approximate surface area is 106 Å². The van der Waals surface area contributed by atoms with E-state index in [1.807, 2.05) is 24.3 Å². The summed E-state index contributed by atoms with van der Waals surface area (Å²) < 4.78 is 0. The minimum atomic E-state index is 0.732. The summed E-state index contributed by atoms with van der Waals surface area (Å²) in [6.07, 6.45) is 5.75. The van der Waals surface area contributed by atoms with Gasteiger partial charge in [0.15, 0.2) is 0 Å². The van der Waals surface area contributed by atoms with Crippen molar-refractivity contribution >= 4 is 16.6 Å². The lowest BCUT2D eigenvalue weighted by Gasteiger charge is -2.14. The van der Waals surface area contributed by atoms with E-state index in [1.165, 1.54) is 24.8 Å². The fourth-order valence-corrected chi connectivity index (χ4v) is 2.60. The highest BCUT2D eigenvalue weighted by Crippen LogP contribution is 2.29. The van der Waals surface area contributed by atoms with Crippen LogP contribution in [0.1, 0.15) is 37.9 Å². The molecule has 1 heterocycles. The zero-order valence-corrected chi connectivity index (χ0v) is 10.2. The number of H-pyrrole nitrogens is 1. The molecular formula is C15H15N3. The van der Waals surface area contributed by atoms with E-state index in [2.05, 4.69) is 16.0 Å². The number of para-hydroxylation sites is 2. The monoisotopic (exact) mass is 237 g/mol. The number of fused-ring (bicyclic) bond motifs is 1. The number of hydrogen-bond donors (Lipinski definition) is 1. The number of nitrogens with one attached hydrogen (secondary N) is 1. The Bertz CT molecular complexity index is 602. The molecular weight excluding hydrogens is 222 g/mol. The number of aromatic nitrogens is 2. The van der Waals surface area contributed by atoms with Gasteiger partial charge in [0.25, 0.3) is 0 Å². The molecule has 1 fully saturated rings. The third kappa shape index (κ3) is 1.91. The molecule has 18 heavy (non-hydrogen) atoms. The Hall–Kier alpha value is -2.08. The predicted molar refractivity (Wildman–Crippen MR) is 71.7 cm³/mol. The maximum atomic E-state index is 9.39. The van der Waals surface area contributed by atoms with Crippen LogP contribution in [-0.4, -0.2) is 9.97 Å². The fourth-order valence-electron chi connectivity index (χ4n) is 2.60. The zero-order valence-electron chi connectivity index (χ0n) is 10.2. The zero-order chi connectivity index (χ0) is 12.4. The van der Waals surface area contributed by atoms with Crippen molar-refractivity contribution < 1.29 is 0 Å². The van der Waals surface area contributed by atoms with Crippen molar-refractivity contribution in [3.05, 3.63) is 35.7 Å². The van der Waals surface area contributed by atoms with Crippen LogP contribution < -0.4 is 0 Å². The molecule has 2 aromatic rings. The van der Waals surface area contributed by atoms with Crippen LogP contribution in [-0.2, 0) is 0 Å². The van der Waals surface area contributed by atoms with E-state index in [9.17, 15) is 5.26 Å². The number of hydrogen-bond acceptors (Lipinski definition) is 2. The molecule has 1 saturated carbocycles. The highest BCUT2D eigenvalue weighted by molar-refractivity contribution is 5.83. The van der Waals surface area contributed by atoms with E-state index < -0.39 is 0 Å². The van der Waals surface area contributed by atoms with Gasteiger partial charge in [-0.25, -0.2) is 4.98 Å². The average Bonchev–Trinajstić information content (AvgIpc) is 2.84. The second kappa shape index (κ2) is 4.66. The first-order valence-electron chi connectivity index (χ1n) is 6.46. The molecule has 0 saturated heterocycles. The van der Waals surface area contributed by atoms with Gasteiger partial charge in [0.05, 0.1) is 16.6 Å². The van der Waals surface area contributed by atoms with Crippen molar-refractivity contribution in [3.63, 3.8) is 0 Å². The van der Waals surface area contributed by atoms with Crippen LogP contribution in [0.5, 0.6) is 0 Å². The largest absolute Gasteiger partial charge is 0.337 e. The van der Waals surface area contributed by atoms with E-state index in [1.54, 1.807) is 0 Å². The van der Waals surface area contributed by atoms with Crippen LogP contribution >= 0.6 is 0 Å². The van der Waals surface area contributed by atoms with Gasteiger partial charge in [-0.05, 0) is 43.4 Å². The smallest absolute Gasteiger partial charge is 0.149 e. The molecule has 90 valence electrons. The summed E-state index contributed by atoms with van der Waals surface area (Å²) in [6, 6.07) is 10.2. The lowest BCUT2D eigenvalue weighted by Crippen LogP contribution is -1.98. The Morgan fingerprint density at radius 3 is 2.67 bits per heavy atom. The summed E-state index contributed by atoms with van der Waals surface area (Å²) in [5.41, 5.74) is 3.95. The normalized spacial score (nSPS) is 15.6. The predicted octanol–water partition coefficient (Wildman–Crippen LogP) is 3.80. The number of aromatic amines is 1. The molecule has 0 spiro atoms. The Morgan fingerprint density at radius 2 is 1.94 bits per heavy atom. The standard InChI is InChI=1S/C15H15N3/c16-10-12(11-6-2-1-3-7-11)15-17-13-8-4-5-9-14(13)18-15/h4-5,8-9H,1-3,6-7H2,(H,17,18). The molecule has 3 rings (SSSR count). The number of allylic oxidation sites excluding steroid dienone is 2. The molecule has 1 aliphatic carbocycles. The van der Waals surface area contributed by atoms with Crippen molar-refractivity contribution in [2.75, 3.05) is 0 Å². The first-order chi connectivity index (χ1) is 8.88. The molecule has 0 amide bonds. The molecule has 1 aliphatic rings.